The van der Waals surface area contributed by atoms with Crippen LogP contribution in [0.3, 0.4) is 0 Å². The monoisotopic (exact) mass is 233 g/mol. The van der Waals surface area contributed by atoms with Crippen molar-refractivity contribution in [1.29, 1.82) is 0 Å². The highest BCUT2D eigenvalue weighted by molar-refractivity contribution is 5.65. The van der Waals surface area contributed by atoms with Gasteiger partial charge in [-0.2, -0.15) is 0 Å². The Bertz CT molecular complexity index is 411. The molecule has 0 spiro atoms. The average Bonchev–Trinajstić information content (AvgIpc) is 2.79. The largest absolute Gasteiger partial charge is 0.483 e. The molecule has 3 heteroatoms. The van der Waals surface area contributed by atoms with E-state index < -0.39 is 0 Å². The molecule has 3 rings (SSSR count). The molecule has 1 aromatic carbocycles. The SMILES string of the molecule is CC1(Oc2cccc3c2NCC3)CCCOC1. The number of para-hydroxylation sites is 1. The van der Waals surface area contributed by atoms with Gasteiger partial charge in [-0.1, -0.05) is 12.1 Å². The van der Waals surface area contributed by atoms with Crippen LogP contribution in [0.1, 0.15) is 25.3 Å². The normalized spacial score (nSPS) is 27.4. The molecule has 92 valence electrons. The Balaban J connectivity index is 1.83. The van der Waals surface area contributed by atoms with E-state index in [2.05, 4.69) is 30.4 Å². The molecule has 1 fully saturated rings. The summed E-state index contributed by atoms with van der Waals surface area (Å²) in [7, 11) is 0. The van der Waals surface area contributed by atoms with E-state index in [1.165, 1.54) is 11.3 Å². The van der Waals surface area contributed by atoms with Gasteiger partial charge >= 0.3 is 0 Å². The number of hydrogen-bond donors (Lipinski definition) is 1. The highest BCUT2D eigenvalue weighted by Gasteiger charge is 2.31. The summed E-state index contributed by atoms with van der Waals surface area (Å²) in [4.78, 5) is 0. The van der Waals surface area contributed by atoms with Gasteiger partial charge in [0.15, 0.2) is 0 Å². The molecule has 0 aromatic heterocycles. The zero-order chi connectivity index (χ0) is 11.7. The Morgan fingerprint density at radius 3 is 3.18 bits per heavy atom. The van der Waals surface area contributed by atoms with E-state index in [4.69, 9.17) is 9.47 Å². The zero-order valence-corrected chi connectivity index (χ0v) is 10.3. The number of hydrogen-bond acceptors (Lipinski definition) is 3. The first-order valence-corrected chi connectivity index (χ1v) is 6.39. The molecule has 2 heterocycles. The summed E-state index contributed by atoms with van der Waals surface area (Å²) in [5, 5.41) is 3.41. The van der Waals surface area contributed by atoms with Gasteiger partial charge in [-0.15, -0.1) is 0 Å². The lowest BCUT2D eigenvalue weighted by Gasteiger charge is -2.34. The van der Waals surface area contributed by atoms with Gasteiger partial charge in [0, 0.05) is 13.2 Å². The molecule has 0 saturated carbocycles. The highest BCUT2D eigenvalue weighted by Crippen LogP contribution is 2.36. The number of rotatable bonds is 2. The maximum absolute atomic E-state index is 6.20. The van der Waals surface area contributed by atoms with Crippen LogP contribution >= 0.6 is 0 Å². The van der Waals surface area contributed by atoms with Crippen LogP contribution in [-0.2, 0) is 11.2 Å². The van der Waals surface area contributed by atoms with Crippen molar-refractivity contribution < 1.29 is 9.47 Å². The Hall–Kier alpha value is -1.22. The van der Waals surface area contributed by atoms with Gasteiger partial charge in [0.05, 0.1) is 12.3 Å². The molecule has 1 N–H and O–H groups in total. The van der Waals surface area contributed by atoms with Crippen molar-refractivity contribution in [2.75, 3.05) is 25.1 Å². The Labute approximate surface area is 102 Å². The lowest BCUT2D eigenvalue weighted by atomic mass is 9.99. The molecular weight excluding hydrogens is 214 g/mol. The maximum Gasteiger partial charge on any atom is 0.143 e. The molecule has 0 radical (unpaired) electrons. The Morgan fingerprint density at radius 1 is 1.41 bits per heavy atom. The van der Waals surface area contributed by atoms with Crippen LogP contribution in [0.4, 0.5) is 5.69 Å². The Kier molecular flexibility index (Phi) is 2.71. The average molecular weight is 233 g/mol. The minimum absolute atomic E-state index is 0.169. The summed E-state index contributed by atoms with van der Waals surface area (Å²) >= 11 is 0. The second-order valence-corrected chi connectivity index (χ2v) is 5.18. The van der Waals surface area contributed by atoms with E-state index in [-0.39, 0.29) is 5.60 Å². The van der Waals surface area contributed by atoms with Crippen LogP contribution in [0.25, 0.3) is 0 Å². The molecule has 1 saturated heterocycles. The van der Waals surface area contributed by atoms with E-state index in [0.717, 1.165) is 38.2 Å². The van der Waals surface area contributed by atoms with Crippen molar-refractivity contribution in [2.45, 2.75) is 31.8 Å². The molecular formula is C14H19NO2. The van der Waals surface area contributed by atoms with Crippen molar-refractivity contribution in [3.05, 3.63) is 23.8 Å². The molecule has 17 heavy (non-hydrogen) atoms. The molecule has 1 unspecified atom stereocenters. The van der Waals surface area contributed by atoms with Crippen molar-refractivity contribution in [3.63, 3.8) is 0 Å². The fourth-order valence-electron chi connectivity index (χ4n) is 2.65. The van der Waals surface area contributed by atoms with E-state index >= 15 is 0 Å². The Morgan fingerprint density at radius 2 is 2.35 bits per heavy atom. The van der Waals surface area contributed by atoms with Gasteiger partial charge in [0.1, 0.15) is 11.4 Å². The van der Waals surface area contributed by atoms with E-state index in [0.29, 0.717) is 6.61 Å². The minimum Gasteiger partial charge on any atom is -0.483 e. The number of ether oxygens (including phenoxy) is 2. The van der Waals surface area contributed by atoms with Gasteiger partial charge in [0.2, 0.25) is 0 Å². The number of benzene rings is 1. The topological polar surface area (TPSA) is 30.5 Å². The van der Waals surface area contributed by atoms with Crippen molar-refractivity contribution in [2.24, 2.45) is 0 Å². The second kappa shape index (κ2) is 4.22. The van der Waals surface area contributed by atoms with Gasteiger partial charge in [0.25, 0.3) is 0 Å². The summed E-state index contributed by atoms with van der Waals surface area (Å²) in [6.07, 6.45) is 3.25. The third-order valence-electron chi connectivity index (χ3n) is 3.57. The van der Waals surface area contributed by atoms with Gasteiger partial charge in [-0.25, -0.2) is 0 Å². The quantitative estimate of drug-likeness (QED) is 0.851. The first-order chi connectivity index (χ1) is 8.27. The van der Waals surface area contributed by atoms with Crippen LogP contribution in [0.5, 0.6) is 5.75 Å². The first kappa shape index (κ1) is 10.9. The molecule has 0 amide bonds. The first-order valence-electron chi connectivity index (χ1n) is 6.39. The van der Waals surface area contributed by atoms with Crippen LogP contribution in [0.2, 0.25) is 0 Å². The lowest BCUT2D eigenvalue weighted by Crippen LogP contribution is -2.41. The van der Waals surface area contributed by atoms with Crippen molar-refractivity contribution in [1.82, 2.24) is 0 Å². The summed E-state index contributed by atoms with van der Waals surface area (Å²) in [6, 6.07) is 6.30. The van der Waals surface area contributed by atoms with E-state index in [9.17, 15) is 0 Å². The molecule has 0 aliphatic carbocycles. The highest BCUT2D eigenvalue weighted by atomic mass is 16.5. The molecule has 2 aliphatic heterocycles. The molecule has 1 atom stereocenters. The molecule has 2 aliphatic rings. The molecule has 0 bridgehead atoms. The number of anilines is 1. The fraction of sp³-hybridized carbons (Fsp3) is 0.571. The smallest absolute Gasteiger partial charge is 0.143 e. The van der Waals surface area contributed by atoms with E-state index in [1.807, 2.05) is 0 Å². The zero-order valence-electron chi connectivity index (χ0n) is 10.3. The van der Waals surface area contributed by atoms with Crippen LogP contribution < -0.4 is 10.1 Å². The third-order valence-corrected chi connectivity index (χ3v) is 3.57. The predicted molar refractivity (Wildman–Crippen MR) is 67.7 cm³/mol. The fourth-order valence-corrected chi connectivity index (χ4v) is 2.65. The van der Waals surface area contributed by atoms with Crippen LogP contribution in [-0.4, -0.2) is 25.4 Å². The lowest BCUT2D eigenvalue weighted by molar-refractivity contribution is -0.0560. The van der Waals surface area contributed by atoms with E-state index in [1.54, 1.807) is 0 Å². The maximum atomic E-state index is 6.20. The standard InChI is InChI=1S/C14H19NO2/c1-14(7-3-9-16-10-14)17-12-5-2-4-11-6-8-15-13(11)12/h2,4-5,15H,3,6-10H2,1H3. The van der Waals surface area contributed by atoms with Crippen molar-refractivity contribution in [3.8, 4) is 5.75 Å². The summed E-state index contributed by atoms with van der Waals surface area (Å²) in [5.74, 6) is 0.980. The minimum atomic E-state index is -0.169. The van der Waals surface area contributed by atoms with Crippen LogP contribution in [0, 0.1) is 0 Å². The number of nitrogens with one attached hydrogen (secondary N) is 1. The summed E-state index contributed by atoms with van der Waals surface area (Å²) in [6.45, 7) is 4.71. The number of fused-ring (bicyclic) bond motifs is 1. The molecule has 3 nitrogen and oxygen atoms in total. The third kappa shape index (κ3) is 2.12. The van der Waals surface area contributed by atoms with Gasteiger partial charge in [-0.3, -0.25) is 0 Å². The summed E-state index contributed by atoms with van der Waals surface area (Å²) < 4.78 is 11.7. The molecule has 1 aromatic rings. The van der Waals surface area contributed by atoms with Crippen molar-refractivity contribution >= 4 is 5.69 Å². The van der Waals surface area contributed by atoms with Gasteiger partial charge < -0.3 is 14.8 Å². The second-order valence-electron chi connectivity index (χ2n) is 5.18. The predicted octanol–water partition coefficient (Wildman–Crippen LogP) is 2.60. The van der Waals surface area contributed by atoms with Gasteiger partial charge in [-0.05, 0) is 37.8 Å². The summed E-state index contributed by atoms with van der Waals surface area (Å²) in [5.41, 5.74) is 2.37. The van der Waals surface area contributed by atoms with Crippen LogP contribution in [0.15, 0.2) is 18.2 Å².